The number of aromatic nitrogens is 5. The predicted molar refractivity (Wildman–Crippen MR) is 100 cm³/mol. The van der Waals surface area contributed by atoms with Crippen LogP contribution in [0.4, 0.5) is 0 Å². The zero-order valence-electron chi connectivity index (χ0n) is 14.0. The fourth-order valence-corrected chi connectivity index (χ4v) is 3.13. The number of fused-ring (bicyclic) bond motifs is 2. The van der Waals surface area contributed by atoms with Gasteiger partial charge in [0.2, 0.25) is 0 Å². The number of hydrogen-bond donors (Lipinski definition) is 1. The molecule has 5 aromatic rings. The van der Waals surface area contributed by atoms with Crippen LogP contribution >= 0.6 is 0 Å². The molecule has 0 aliphatic carbocycles. The van der Waals surface area contributed by atoms with Crippen molar-refractivity contribution in [3.63, 3.8) is 0 Å². The van der Waals surface area contributed by atoms with E-state index >= 15 is 0 Å². The van der Waals surface area contributed by atoms with E-state index < -0.39 is 0 Å². The molecule has 0 bridgehead atoms. The van der Waals surface area contributed by atoms with Crippen molar-refractivity contribution in [2.45, 2.75) is 0 Å². The van der Waals surface area contributed by atoms with E-state index in [4.69, 9.17) is 9.72 Å². The largest absolute Gasteiger partial charge is 0.456 e. The highest BCUT2D eigenvalue weighted by atomic mass is 16.5. The molecule has 3 aromatic heterocycles. The SMILES string of the molecule is Cn1c(-c2n[nH]c3ccc(Oc4cccnc4)cc23)nc2ccccc21. The molecule has 0 spiro atoms. The molecule has 126 valence electrons. The van der Waals surface area contributed by atoms with Gasteiger partial charge in [-0.15, -0.1) is 0 Å². The zero-order chi connectivity index (χ0) is 17.5. The lowest BCUT2D eigenvalue weighted by Gasteiger charge is -2.05. The van der Waals surface area contributed by atoms with Crippen LogP contribution in [0.15, 0.2) is 67.0 Å². The molecule has 0 unspecified atom stereocenters. The van der Waals surface area contributed by atoms with Crippen LogP contribution in [0.2, 0.25) is 0 Å². The topological polar surface area (TPSA) is 68.6 Å². The van der Waals surface area contributed by atoms with Crippen molar-refractivity contribution < 1.29 is 4.74 Å². The van der Waals surface area contributed by atoms with Crippen molar-refractivity contribution in [1.82, 2.24) is 24.7 Å². The molecule has 0 radical (unpaired) electrons. The van der Waals surface area contributed by atoms with E-state index in [0.717, 1.165) is 39.2 Å². The Morgan fingerprint density at radius 2 is 1.92 bits per heavy atom. The number of rotatable bonds is 3. The molecule has 0 atom stereocenters. The average molecular weight is 341 g/mol. The van der Waals surface area contributed by atoms with Crippen LogP contribution < -0.4 is 4.74 Å². The van der Waals surface area contributed by atoms with Gasteiger partial charge < -0.3 is 9.30 Å². The zero-order valence-corrected chi connectivity index (χ0v) is 14.0. The van der Waals surface area contributed by atoms with Crippen molar-refractivity contribution in [3.05, 3.63) is 67.0 Å². The number of para-hydroxylation sites is 2. The Kier molecular flexibility index (Phi) is 3.21. The van der Waals surface area contributed by atoms with Crippen molar-refractivity contribution in [2.24, 2.45) is 7.05 Å². The van der Waals surface area contributed by atoms with Crippen LogP contribution in [0.25, 0.3) is 33.5 Å². The third-order valence-corrected chi connectivity index (χ3v) is 4.40. The lowest BCUT2D eigenvalue weighted by atomic mass is 10.2. The molecule has 0 saturated heterocycles. The van der Waals surface area contributed by atoms with Crippen molar-refractivity contribution in [1.29, 1.82) is 0 Å². The number of aromatic amines is 1. The third kappa shape index (κ3) is 2.31. The Morgan fingerprint density at radius 3 is 2.77 bits per heavy atom. The molecule has 0 aliphatic rings. The van der Waals surface area contributed by atoms with E-state index in [2.05, 4.69) is 25.8 Å². The Balaban J connectivity index is 1.63. The lowest BCUT2D eigenvalue weighted by molar-refractivity contribution is 0.481. The van der Waals surface area contributed by atoms with E-state index in [1.807, 2.05) is 55.6 Å². The number of imidazole rings is 1. The molecule has 2 aromatic carbocycles. The van der Waals surface area contributed by atoms with Gasteiger partial charge in [-0.3, -0.25) is 10.1 Å². The Morgan fingerprint density at radius 1 is 1.00 bits per heavy atom. The first-order valence-electron chi connectivity index (χ1n) is 8.27. The molecule has 0 aliphatic heterocycles. The third-order valence-electron chi connectivity index (χ3n) is 4.40. The summed E-state index contributed by atoms with van der Waals surface area (Å²) >= 11 is 0. The van der Waals surface area contributed by atoms with Gasteiger partial charge in [-0.1, -0.05) is 12.1 Å². The van der Waals surface area contributed by atoms with Crippen LogP contribution in [-0.2, 0) is 7.05 Å². The Bertz CT molecular complexity index is 1220. The molecule has 0 amide bonds. The van der Waals surface area contributed by atoms with Crippen molar-refractivity contribution >= 4 is 21.9 Å². The van der Waals surface area contributed by atoms with Crippen molar-refractivity contribution in [2.75, 3.05) is 0 Å². The highest BCUT2D eigenvalue weighted by Crippen LogP contribution is 2.31. The minimum absolute atomic E-state index is 0.694. The van der Waals surface area contributed by atoms with Crippen molar-refractivity contribution in [3.8, 4) is 23.0 Å². The highest BCUT2D eigenvalue weighted by molar-refractivity contribution is 5.94. The maximum Gasteiger partial charge on any atom is 0.162 e. The number of aryl methyl sites for hydroxylation is 1. The van der Waals surface area contributed by atoms with Crippen LogP contribution in [-0.4, -0.2) is 24.7 Å². The number of H-pyrrole nitrogens is 1. The number of hydrogen-bond acceptors (Lipinski definition) is 4. The van der Waals surface area contributed by atoms with E-state index in [-0.39, 0.29) is 0 Å². The van der Waals surface area contributed by atoms with Gasteiger partial charge in [-0.25, -0.2) is 4.98 Å². The standard InChI is InChI=1S/C20H15N5O/c1-25-18-7-3-2-6-17(18)22-20(25)19-15-11-13(8-9-16(15)23-24-19)26-14-5-4-10-21-12-14/h2-12H,1H3,(H,23,24). The molecule has 5 rings (SSSR count). The molecule has 6 nitrogen and oxygen atoms in total. The Hall–Kier alpha value is -3.67. The van der Waals surface area contributed by atoms with Gasteiger partial charge in [0.25, 0.3) is 0 Å². The van der Waals surface area contributed by atoms with Gasteiger partial charge in [0.1, 0.15) is 17.2 Å². The number of ether oxygens (including phenoxy) is 1. The first kappa shape index (κ1) is 14.7. The van der Waals surface area contributed by atoms with Gasteiger partial charge in [0.05, 0.1) is 22.7 Å². The fraction of sp³-hybridized carbons (Fsp3) is 0.0500. The molecule has 26 heavy (non-hydrogen) atoms. The monoisotopic (exact) mass is 341 g/mol. The minimum Gasteiger partial charge on any atom is -0.456 e. The second-order valence-corrected chi connectivity index (χ2v) is 6.05. The van der Waals surface area contributed by atoms with E-state index in [1.165, 1.54) is 0 Å². The summed E-state index contributed by atoms with van der Waals surface area (Å²) in [4.78, 5) is 8.83. The van der Waals surface area contributed by atoms with Crippen LogP contribution in [0.3, 0.4) is 0 Å². The molecule has 1 N–H and O–H groups in total. The number of pyridine rings is 1. The van der Waals surface area contributed by atoms with E-state index in [1.54, 1.807) is 12.4 Å². The molecule has 3 heterocycles. The fourth-order valence-electron chi connectivity index (χ4n) is 3.13. The molecule has 0 fully saturated rings. The smallest absolute Gasteiger partial charge is 0.162 e. The van der Waals surface area contributed by atoms with E-state index in [0.29, 0.717) is 5.75 Å². The minimum atomic E-state index is 0.694. The molecular formula is C20H15N5O. The predicted octanol–water partition coefficient (Wildman–Crippen LogP) is 4.30. The summed E-state index contributed by atoms with van der Waals surface area (Å²) < 4.78 is 7.96. The number of nitrogens with one attached hydrogen (secondary N) is 1. The second kappa shape index (κ2) is 5.70. The average Bonchev–Trinajstić information content (AvgIpc) is 3.24. The first-order valence-corrected chi connectivity index (χ1v) is 8.27. The Labute approximate surface area is 149 Å². The molecule has 0 saturated carbocycles. The van der Waals surface area contributed by atoms with Crippen LogP contribution in [0, 0.1) is 0 Å². The summed E-state index contributed by atoms with van der Waals surface area (Å²) in [7, 11) is 2.00. The summed E-state index contributed by atoms with van der Waals surface area (Å²) in [6, 6.07) is 17.6. The molecule has 6 heteroatoms. The summed E-state index contributed by atoms with van der Waals surface area (Å²) in [5.41, 5.74) is 3.76. The maximum atomic E-state index is 5.90. The van der Waals surface area contributed by atoms with Gasteiger partial charge in [0, 0.05) is 18.6 Å². The second-order valence-electron chi connectivity index (χ2n) is 6.05. The van der Waals surface area contributed by atoms with Gasteiger partial charge in [-0.2, -0.15) is 5.10 Å². The van der Waals surface area contributed by atoms with Crippen LogP contribution in [0.1, 0.15) is 0 Å². The summed E-state index contributed by atoms with van der Waals surface area (Å²) in [6.45, 7) is 0. The maximum absolute atomic E-state index is 5.90. The molecular weight excluding hydrogens is 326 g/mol. The van der Waals surface area contributed by atoms with E-state index in [9.17, 15) is 0 Å². The lowest BCUT2D eigenvalue weighted by Crippen LogP contribution is -1.93. The first-order chi connectivity index (χ1) is 12.8. The number of nitrogens with zero attached hydrogens (tertiary/aromatic N) is 4. The summed E-state index contributed by atoms with van der Waals surface area (Å²) in [6.07, 6.45) is 3.40. The summed E-state index contributed by atoms with van der Waals surface area (Å²) in [5, 5.41) is 8.53. The quantitative estimate of drug-likeness (QED) is 0.531. The van der Waals surface area contributed by atoms with Gasteiger partial charge in [0.15, 0.2) is 5.82 Å². The number of benzene rings is 2. The normalized spacial score (nSPS) is 11.3. The van der Waals surface area contributed by atoms with Crippen LogP contribution in [0.5, 0.6) is 11.5 Å². The van der Waals surface area contributed by atoms with Gasteiger partial charge in [-0.05, 0) is 42.5 Å². The highest BCUT2D eigenvalue weighted by Gasteiger charge is 2.16. The summed E-state index contributed by atoms with van der Waals surface area (Å²) in [5.74, 6) is 2.24. The van der Waals surface area contributed by atoms with Gasteiger partial charge >= 0.3 is 0 Å².